The molecule has 0 N–H and O–H groups in total. The van der Waals surface area contributed by atoms with Crippen molar-refractivity contribution in [2.75, 3.05) is 19.7 Å². The number of aromatic nitrogens is 5. The van der Waals surface area contributed by atoms with Crippen LogP contribution in [-0.2, 0) is 17.8 Å². The molecule has 164 valence electrons. The predicted molar refractivity (Wildman–Crippen MR) is 119 cm³/mol. The van der Waals surface area contributed by atoms with Gasteiger partial charge in [0.15, 0.2) is 0 Å². The molecule has 1 aromatic carbocycles. The number of carbonyl (C=O) groups is 1. The molecule has 0 bridgehead atoms. The van der Waals surface area contributed by atoms with Crippen LogP contribution in [0, 0.1) is 0 Å². The maximum Gasteiger partial charge on any atom is 0.409 e. The third kappa shape index (κ3) is 3.16. The summed E-state index contributed by atoms with van der Waals surface area (Å²) in [5, 5.41) is 0. The number of amides is 1. The van der Waals surface area contributed by atoms with Gasteiger partial charge in [0, 0.05) is 25.3 Å². The van der Waals surface area contributed by atoms with Crippen LogP contribution in [-0.4, -0.2) is 54.4 Å². The van der Waals surface area contributed by atoms with Gasteiger partial charge in [-0.1, -0.05) is 12.1 Å². The quantitative estimate of drug-likeness (QED) is 0.448. The zero-order valence-electron chi connectivity index (χ0n) is 17.7. The molecule has 32 heavy (non-hydrogen) atoms. The van der Waals surface area contributed by atoms with E-state index >= 15 is 0 Å². The van der Waals surface area contributed by atoms with E-state index in [2.05, 4.69) is 9.55 Å². The molecule has 1 aliphatic carbocycles. The summed E-state index contributed by atoms with van der Waals surface area (Å²) in [6.45, 7) is 2.81. The van der Waals surface area contributed by atoms with Crippen LogP contribution < -0.4 is 5.69 Å². The lowest BCUT2D eigenvalue weighted by Gasteiger charge is -2.14. The van der Waals surface area contributed by atoms with Crippen molar-refractivity contribution in [3.8, 4) is 0 Å². The normalized spacial score (nSPS) is 16.4. The van der Waals surface area contributed by atoms with Crippen LogP contribution in [0.1, 0.15) is 31.1 Å². The highest BCUT2D eigenvalue weighted by atomic mass is 16.6. The third-order valence-electron chi connectivity index (χ3n) is 6.36. The van der Waals surface area contributed by atoms with E-state index in [4.69, 9.17) is 9.72 Å². The summed E-state index contributed by atoms with van der Waals surface area (Å²) < 4.78 is 10.9. The number of carbonyl (C=O) groups excluding carboxylic acids is 1. The zero-order valence-corrected chi connectivity index (χ0v) is 17.7. The van der Waals surface area contributed by atoms with Crippen molar-refractivity contribution in [3.63, 3.8) is 0 Å². The van der Waals surface area contributed by atoms with E-state index in [-0.39, 0.29) is 17.8 Å². The van der Waals surface area contributed by atoms with Gasteiger partial charge in [-0.15, -0.1) is 0 Å². The molecule has 1 saturated carbocycles. The summed E-state index contributed by atoms with van der Waals surface area (Å²) >= 11 is 0. The van der Waals surface area contributed by atoms with Gasteiger partial charge in [0.1, 0.15) is 12.4 Å². The molecule has 0 unspecified atom stereocenters. The molecular weight excluding hydrogens is 408 g/mol. The number of para-hydroxylation sites is 2. The van der Waals surface area contributed by atoms with Gasteiger partial charge in [-0.2, -0.15) is 0 Å². The fraction of sp³-hybridized carbons (Fsp3) is 0.391. The Kier molecular flexibility index (Phi) is 4.48. The summed E-state index contributed by atoms with van der Waals surface area (Å²) in [5.74, 6) is 0.830. The van der Waals surface area contributed by atoms with Gasteiger partial charge in [-0.25, -0.2) is 14.6 Å². The Hall–Kier alpha value is -3.62. The number of aryl methyl sites for hydroxylation is 1. The van der Waals surface area contributed by atoms with E-state index in [1.807, 2.05) is 34.9 Å². The largest absolute Gasteiger partial charge is 0.448 e. The van der Waals surface area contributed by atoms with E-state index in [1.54, 1.807) is 21.9 Å². The maximum atomic E-state index is 13.3. The van der Waals surface area contributed by atoms with Gasteiger partial charge in [-0.05, 0) is 37.5 Å². The topological polar surface area (TPSA) is 87.2 Å². The van der Waals surface area contributed by atoms with Gasteiger partial charge in [0.25, 0.3) is 0 Å². The highest BCUT2D eigenvalue weighted by molar-refractivity contribution is 5.77. The fourth-order valence-corrected chi connectivity index (χ4v) is 4.65. The Morgan fingerprint density at radius 3 is 2.69 bits per heavy atom. The zero-order chi connectivity index (χ0) is 21.7. The minimum atomic E-state index is -0.243. The predicted octanol–water partition coefficient (Wildman–Crippen LogP) is 2.77. The second kappa shape index (κ2) is 7.51. The second-order valence-corrected chi connectivity index (χ2v) is 8.46. The average Bonchev–Trinajstić information content (AvgIpc) is 3.37. The third-order valence-corrected chi connectivity index (χ3v) is 6.36. The van der Waals surface area contributed by atoms with E-state index in [1.165, 1.54) is 0 Å². The molecule has 6 rings (SSSR count). The van der Waals surface area contributed by atoms with Gasteiger partial charge < -0.3 is 14.2 Å². The van der Waals surface area contributed by atoms with E-state index < -0.39 is 0 Å². The van der Waals surface area contributed by atoms with E-state index in [0.29, 0.717) is 32.8 Å². The molecule has 2 aliphatic rings. The molecule has 1 amide bonds. The van der Waals surface area contributed by atoms with Crippen LogP contribution in [0.2, 0.25) is 0 Å². The molecule has 0 radical (unpaired) electrons. The average molecular weight is 432 g/mol. The van der Waals surface area contributed by atoms with Crippen LogP contribution in [0.5, 0.6) is 0 Å². The maximum absolute atomic E-state index is 13.3. The number of pyridine rings is 1. The monoisotopic (exact) mass is 432 g/mol. The number of nitrogens with zero attached hydrogens (tertiary/aromatic N) is 6. The van der Waals surface area contributed by atoms with Crippen molar-refractivity contribution < 1.29 is 9.53 Å². The summed E-state index contributed by atoms with van der Waals surface area (Å²) in [5.41, 5.74) is 3.70. The number of benzene rings is 1. The van der Waals surface area contributed by atoms with Gasteiger partial charge in [0.05, 0.1) is 41.4 Å². The molecule has 3 aromatic heterocycles. The molecule has 9 heteroatoms. The van der Waals surface area contributed by atoms with Crippen LogP contribution in [0.25, 0.3) is 22.1 Å². The smallest absolute Gasteiger partial charge is 0.409 e. The van der Waals surface area contributed by atoms with Crippen molar-refractivity contribution in [2.24, 2.45) is 0 Å². The Morgan fingerprint density at radius 2 is 1.88 bits per heavy atom. The molecule has 0 atom stereocenters. The number of hydrogen-bond acceptors (Lipinski definition) is 5. The number of fused-ring (bicyclic) bond motifs is 2. The lowest BCUT2D eigenvalue weighted by atomic mass is 10.3. The Labute approximate surface area is 183 Å². The molecule has 4 heterocycles. The summed E-state index contributed by atoms with van der Waals surface area (Å²) in [6, 6.07) is 10.2. The van der Waals surface area contributed by atoms with E-state index in [0.717, 1.165) is 47.2 Å². The number of hydrogen-bond donors (Lipinski definition) is 0. The van der Waals surface area contributed by atoms with Crippen LogP contribution in [0.15, 0.2) is 47.5 Å². The fourth-order valence-electron chi connectivity index (χ4n) is 4.65. The number of imidazole rings is 2. The highest BCUT2D eigenvalue weighted by Gasteiger charge is 2.29. The molecule has 1 aliphatic heterocycles. The van der Waals surface area contributed by atoms with Crippen LogP contribution in [0.4, 0.5) is 4.79 Å². The number of ether oxygens (including phenoxy) is 1. The van der Waals surface area contributed by atoms with Gasteiger partial charge in [0.2, 0.25) is 0 Å². The van der Waals surface area contributed by atoms with Crippen LogP contribution >= 0.6 is 0 Å². The second-order valence-electron chi connectivity index (χ2n) is 8.46. The van der Waals surface area contributed by atoms with Gasteiger partial charge in [-0.3, -0.25) is 14.1 Å². The summed E-state index contributed by atoms with van der Waals surface area (Å²) in [6.07, 6.45) is 6.12. The van der Waals surface area contributed by atoms with Crippen molar-refractivity contribution in [1.29, 1.82) is 0 Å². The van der Waals surface area contributed by atoms with Crippen molar-refractivity contribution in [1.82, 2.24) is 28.6 Å². The molecule has 4 aromatic rings. The molecule has 2 fully saturated rings. The lowest BCUT2D eigenvalue weighted by Crippen LogP contribution is -2.27. The lowest BCUT2D eigenvalue weighted by molar-refractivity contribution is 0.158. The van der Waals surface area contributed by atoms with Crippen LogP contribution in [0.3, 0.4) is 0 Å². The van der Waals surface area contributed by atoms with Crippen molar-refractivity contribution in [3.05, 3.63) is 59.0 Å². The molecule has 9 nitrogen and oxygen atoms in total. The summed E-state index contributed by atoms with van der Waals surface area (Å²) in [4.78, 5) is 35.9. The first kappa shape index (κ1) is 19.1. The molecular formula is C23H24N6O3. The Bertz CT molecular complexity index is 1380. The number of cyclic esters (lactones) is 1. The number of rotatable bonds is 7. The Morgan fingerprint density at radius 1 is 1.00 bits per heavy atom. The molecule has 0 spiro atoms. The first-order chi connectivity index (χ1) is 15.7. The van der Waals surface area contributed by atoms with E-state index in [9.17, 15) is 9.59 Å². The minimum absolute atomic E-state index is 0.00563. The van der Waals surface area contributed by atoms with Crippen molar-refractivity contribution >= 4 is 28.2 Å². The first-order valence-electron chi connectivity index (χ1n) is 11.1. The SMILES string of the molecule is O=C1OCCN1CCCn1c(Cn2c(=O)n(C3CC3)c3ccncc32)nc2ccccc21. The highest BCUT2D eigenvalue weighted by Crippen LogP contribution is 2.36. The summed E-state index contributed by atoms with van der Waals surface area (Å²) in [7, 11) is 0. The first-order valence-corrected chi connectivity index (χ1v) is 11.1. The van der Waals surface area contributed by atoms with Crippen molar-refractivity contribution in [2.45, 2.75) is 38.4 Å². The standard InChI is InChI=1S/C23H24N6O3/c30-22-28(20-14-24-9-8-19(20)29(22)16-6-7-16)15-21-25-17-4-1-2-5-18(17)27(21)11-3-10-26-12-13-32-23(26)31/h1-2,4-5,8-9,14,16H,3,6-7,10-13,15H2. The minimum Gasteiger partial charge on any atom is -0.448 e. The molecule has 1 saturated heterocycles. The van der Waals surface area contributed by atoms with Gasteiger partial charge >= 0.3 is 11.8 Å². The Balaban J connectivity index is 1.36.